The van der Waals surface area contributed by atoms with Crippen molar-refractivity contribution >= 4 is 22.8 Å². The number of hydrogen-bond donors (Lipinski definition) is 1. The quantitative estimate of drug-likeness (QED) is 0.645. The number of nitrogens with zero attached hydrogens (tertiary/aromatic N) is 1. The third-order valence-electron chi connectivity index (χ3n) is 4.74. The summed E-state index contributed by atoms with van der Waals surface area (Å²) in [5.41, 5.74) is 1.38. The van der Waals surface area contributed by atoms with E-state index in [0.717, 1.165) is 12.1 Å². The number of rotatable bonds is 4. The molecule has 0 aliphatic rings. The highest BCUT2D eigenvalue weighted by Crippen LogP contribution is 2.35. The lowest BCUT2D eigenvalue weighted by Gasteiger charge is -2.15. The molecule has 3 aromatic rings. The van der Waals surface area contributed by atoms with Gasteiger partial charge in [-0.1, -0.05) is 0 Å². The van der Waals surface area contributed by atoms with Crippen LogP contribution in [-0.2, 0) is 9.53 Å². The van der Waals surface area contributed by atoms with Gasteiger partial charge in [0.15, 0.2) is 11.6 Å². The Hall–Kier alpha value is -3.22. The minimum absolute atomic E-state index is 0.0272. The predicted molar refractivity (Wildman–Crippen MR) is 104 cm³/mol. The molecule has 0 radical (unpaired) electrons. The summed E-state index contributed by atoms with van der Waals surface area (Å²) in [6.45, 7) is 6.78. The third-order valence-corrected chi connectivity index (χ3v) is 4.74. The monoisotopic (exact) mass is 401 g/mol. The van der Waals surface area contributed by atoms with Crippen LogP contribution in [0.15, 0.2) is 36.4 Å². The fraction of sp³-hybridized carbons (Fsp3) is 0.273. The van der Waals surface area contributed by atoms with Gasteiger partial charge in [-0.2, -0.15) is 0 Å². The van der Waals surface area contributed by atoms with Crippen LogP contribution < -0.4 is 0 Å². The van der Waals surface area contributed by atoms with Gasteiger partial charge in [0.05, 0.1) is 17.5 Å². The Morgan fingerprint density at radius 2 is 1.72 bits per heavy atom. The average molecular weight is 401 g/mol. The third kappa shape index (κ3) is 3.72. The van der Waals surface area contributed by atoms with Crippen LogP contribution in [0.1, 0.15) is 48.3 Å². The number of aromatic nitrogens is 1. The Bertz CT molecular complexity index is 1120. The number of phenolic OH excluding ortho intramolecular Hbond substituents is 1. The highest BCUT2D eigenvalue weighted by Gasteiger charge is 2.28. The molecule has 1 heterocycles. The molecule has 1 atom stereocenters. The summed E-state index contributed by atoms with van der Waals surface area (Å²) in [5.74, 6) is -3.96. The molecule has 0 unspecified atom stereocenters. The Labute approximate surface area is 166 Å². The molecule has 0 saturated carbocycles. The molecule has 7 heteroatoms. The maximum absolute atomic E-state index is 13.7. The first-order chi connectivity index (χ1) is 13.6. The molecule has 0 aliphatic carbocycles. The number of hydrogen-bond acceptors (Lipinski definition) is 4. The lowest BCUT2D eigenvalue weighted by molar-refractivity contribution is -0.148. The van der Waals surface area contributed by atoms with Crippen molar-refractivity contribution in [3.05, 3.63) is 64.9 Å². The number of carbonyl (C=O) groups is 2. The first-order valence-corrected chi connectivity index (χ1v) is 9.16. The Kier molecular flexibility index (Phi) is 5.42. The highest BCUT2D eigenvalue weighted by molar-refractivity contribution is 6.05. The molecule has 5 nitrogen and oxygen atoms in total. The Balaban J connectivity index is 2.20. The highest BCUT2D eigenvalue weighted by atomic mass is 19.2. The summed E-state index contributed by atoms with van der Waals surface area (Å²) in [7, 11) is 0. The van der Waals surface area contributed by atoms with Crippen LogP contribution in [0.5, 0.6) is 5.75 Å². The van der Waals surface area contributed by atoms with E-state index in [1.807, 2.05) is 0 Å². The number of carbonyl (C=O) groups excluding carboxylic acids is 2. The molecule has 1 N–H and O–H groups in total. The van der Waals surface area contributed by atoms with Crippen LogP contribution in [0.2, 0.25) is 0 Å². The van der Waals surface area contributed by atoms with Crippen LogP contribution in [0, 0.1) is 18.6 Å². The van der Waals surface area contributed by atoms with Crippen molar-refractivity contribution in [1.29, 1.82) is 0 Å². The van der Waals surface area contributed by atoms with Crippen LogP contribution in [-0.4, -0.2) is 27.7 Å². The molecule has 0 saturated heterocycles. The van der Waals surface area contributed by atoms with Gasteiger partial charge in [0.1, 0.15) is 5.75 Å². The van der Waals surface area contributed by atoms with E-state index < -0.39 is 29.4 Å². The fourth-order valence-corrected chi connectivity index (χ4v) is 3.45. The van der Waals surface area contributed by atoms with Gasteiger partial charge >= 0.3 is 5.97 Å². The molecule has 0 amide bonds. The zero-order valence-electron chi connectivity index (χ0n) is 16.5. The topological polar surface area (TPSA) is 68.5 Å². The van der Waals surface area contributed by atoms with Crippen molar-refractivity contribution in [2.75, 3.05) is 0 Å². The van der Waals surface area contributed by atoms with Gasteiger partial charge in [-0.05, 0) is 69.7 Å². The van der Waals surface area contributed by atoms with Gasteiger partial charge < -0.3 is 9.84 Å². The zero-order chi connectivity index (χ0) is 21.5. The summed E-state index contributed by atoms with van der Waals surface area (Å²) >= 11 is 0. The molecular weight excluding hydrogens is 380 g/mol. The SMILES string of the molecule is Cc1c([C@H](C)C(=O)OC(C)C)c2cc(O)ccc2n1C(=O)c1ccc(F)c(F)c1. The van der Waals surface area contributed by atoms with Crippen LogP contribution in [0.4, 0.5) is 8.78 Å². The predicted octanol–water partition coefficient (Wildman–Crippen LogP) is 4.68. The fourth-order valence-electron chi connectivity index (χ4n) is 3.45. The molecule has 1 aromatic heterocycles. The number of halogens is 2. The van der Waals surface area contributed by atoms with Crippen LogP contribution >= 0.6 is 0 Å². The second-order valence-corrected chi connectivity index (χ2v) is 7.18. The maximum Gasteiger partial charge on any atom is 0.313 e. The molecule has 0 fully saturated rings. The van der Waals surface area contributed by atoms with Crippen LogP contribution in [0.3, 0.4) is 0 Å². The van der Waals surface area contributed by atoms with Crippen molar-refractivity contribution in [3.63, 3.8) is 0 Å². The summed E-state index contributed by atoms with van der Waals surface area (Å²) in [6.07, 6.45) is -0.309. The average Bonchev–Trinajstić information content (AvgIpc) is 2.93. The van der Waals surface area contributed by atoms with Gasteiger partial charge in [0, 0.05) is 16.6 Å². The van der Waals surface area contributed by atoms with Crippen molar-refractivity contribution in [3.8, 4) is 5.75 Å². The van der Waals surface area contributed by atoms with E-state index in [-0.39, 0.29) is 17.4 Å². The van der Waals surface area contributed by atoms with Gasteiger partial charge in [-0.25, -0.2) is 8.78 Å². The number of benzene rings is 2. The number of phenols is 1. The largest absolute Gasteiger partial charge is 0.508 e. The van der Waals surface area contributed by atoms with E-state index in [9.17, 15) is 23.5 Å². The van der Waals surface area contributed by atoms with Crippen molar-refractivity contribution in [2.24, 2.45) is 0 Å². The molecule has 0 aliphatic heterocycles. The Morgan fingerprint density at radius 1 is 1.03 bits per heavy atom. The number of fused-ring (bicyclic) bond motifs is 1. The second-order valence-electron chi connectivity index (χ2n) is 7.18. The van der Waals surface area contributed by atoms with E-state index in [1.165, 1.54) is 22.8 Å². The molecule has 3 rings (SSSR count). The van der Waals surface area contributed by atoms with Gasteiger partial charge in [-0.3, -0.25) is 14.2 Å². The zero-order valence-corrected chi connectivity index (χ0v) is 16.5. The summed E-state index contributed by atoms with van der Waals surface area (Å²) in [4.78, 5) is 25.6. The van der Waals surface area contributed by atoms with E-state index in [2.05, 4.69) is 0 Å². The minimum atomic E-state index is -1.13. The molecular formula is C22H21F2NO4. The summed E-state index contributed by atoms with van der Waals surface area (Å²) in [5, 5.41) is 10.4. The summed E-state index contributed by atoms with van der Waals surface area (Å²) < 4.78 is 33.6. The van der Waals surface area contributed by atoms with Gasteiger partial charge in [-0.15, -0.1) is 0 Å². The van der Waals surface area contributed by atoms with Crippen molar-refractivity contribution < 1.29 is 28.2 Å². The van der Waals surface area contributed by atoms with E-state index in [0.29, 0.717) is 22.2 Å². The van der Waals surface area contributed by atoms with E-state index in [4.69, 9.17) is 4.74 Å². The number of esters is 1. The van der Waals surface area contributed by atoms with E-state index >= 15 is 0 Å². The van der Waals surface area contributed by atoms with E-state index in [1.54, 1.807) is 33.8 Å². The lowest BCUT2D eigenvalue weighted by atomic mass is 9.98. The molecule has 29 heavy (non-hydrogen) atoms. The smallest absolute Gasteiger partial charge is 0.313 e. The van der Waals surface area contributed by atoms with Crippen molar-refractivity contribution in [2.45, 2.75) is 39.7 Å². The molecule has 2 aromatic carbocycles. The van der Waals surface area contributed by atoms with Crippen LogP contribution in [0.25, 0.3) is 10.9 Å². The minimum Gasteiger partial charge on any atom is -0.508 e. The Morgan fingerprint density at radius 3 is 2.34 bits per heavy atom. The number of ether oxygens (including phenoxy) is 1. The number of aromatic hydroxyl groups is 1. The van der Waals surface area contributed by atoms with Gasteiger partial charge in [0.2, 0.25) is 0 Å². The van der Waals surface area contributed by atoms with Gasteiger partial charge in [0.25, 0.3) is 5.91 Å². The molecule has 0 spiro atoms. The van der Waals surface area contributed by atoms with Crippen molar-refractivity contribution in [1.82, 2.24) is 4.57 Å². The maximum atomic E-state index is 13.7. The first-order valence-electron chi connectivity index (χ1n) is 9.16. The normalized spacial score (nSPS) is 12.4. The standard InChI is InChI=1S/C22H21F2NO4/c1-11(2)29-22(28)12(3)20-13(4)25(19-8-6-15(26)10-16(19)20)21(27)14-5-7-17(23)18(24)9-14/h5-12,26H,1-4H3/t12-/m0/s1. The lowest BCUT2D eigenvalue weighted by Crippen LogP contribution is -2.19. The first kappa shape index (κ1) is 20.5. The summed E-state index contributed by atoms with van der Waals surface area (Å²) in [6, 6.07) is 7.34. The molecule has 0 bridgehead atoms. The second kappa shape index (κ2) is 7.66. The molecule has 152 valence electrons.